The minimum Gasteiger partial charge on any atom is -0.490 e. The zero-order valence-electron chi connectivity index (χ0n) is 16.4. The van der Waals surface area contributed by atoms with E-state index >= 15 is 0 Å². The Hall–Kier alpha value is -2.60. The summed E-state index contributed by atoms with van der Waals surface area (Å²) in [4.78, 5) is 14.8. The Bertz CT molecular complexity index is 774. The Morgan fingerprint density at radius 1 is 1.18 bits per heavy atom. The minimum absolute atomic E-state index is 0.0753. The predicted octanol–water partition coefficient (Wildman–Crippen LogP) is 4.09. The van der Waals surface area contributed by atoms with Gasteiger partial charge in [-0.05, 0) is 62.7 Å². The fraction of sp³-hybridized carbons (Fsp3) is 0.409. The normalized spacial score (nSPS) is 16.4. The molecule has 0 aliphatic carbocycles. The highest BCUT2D eigenvalue weighted by Gasteiger charge is 2.21. The van der Waals surface area contributed by atoms with Gasteiger partial charge in [-0.3, -0.25) is 4.79 Å². The largest absolute Gasteiger partial charge is 0.490 e. The lowest BCUT2D eigenvalue weighted by Crippen LogP contribution is -2.35. The maximum absolute atomic E-state index is 13.8. The standard InChI is InChI=1S/C22H27FN2O3/c1-3-20(28-21-7-5-4-6-19(21)23)22(26)24-16-8-10-17(11-9-16)27-18-12-14-25(2)15-13-18/h4-11,18,20H,3,12-15H2,1-2H3,(H,24,26)/t20-/m1/s1. The summed E-state index contributed by atoms with van der Waals surface area (Å²) < 4.78 is 25.3. The van der Waals surface area contributed by atoms with Crippen molar-refractivity contribution in [2.24, 2.45) is 0 Å². The highest BCUT2D eigenvalue weighted by molar-refractivity contribution is 5.94. The number of hydrogen-bond acceptors (Lipinski definition) is 4. The zero-order valence-corrected chi connectivity index (χ0v) is 16.4. The highest BCUT2D eigenvalue weighted by Crippen LogP contribution is 2.22. The number of carbonyl (C=O) groups excluding carboxylic acids is 1. The van der Waals surface area contributed by atoms with Gasteiger partial charge < -0.3 is 19.7 Å². The number of anilines is 1. The fourth-order valence-corrected chi connectivity index (χ4v) is 3.15. The van der Waals surface area contributed by atoms with Crippen molar-refractivity contribution in [1.82, 2.24) is 4.90 Å². The van der Waals surface area contributed by atoms with E-state index in [0.29, 0.717) is 12.1 Å². The Morgan fingerprint density at radius 2 is 1.86 bits per heavy atom. The number of hydrogen-bond donors (Lipinski definition) is 1. The third-order valence-electron chi connectivity index (χ3n) is 4.86. The molecular formula is C22H27FN2O3. The maximum Gasteiger partial charge on any atom is 0.265 e. The third-order valence-corrected chi connectivity index (χ3v) is 4.86. The van der Waals surface area contributed by atoms with Crippen LogP contribution in [-0.4, -0.2) is 43.2 Å². The smallest absolute Gasteiger partial charge is 0.265 e. The van der Waals surface area contributed by atoms with Crippen LogP contribution in [0.15, 0.2) is 48.5 Å². The Balaban J connectivity index is 1.55. The van der Waals surface area contributed by atoms with Crippen LogP contribution in [0.25, 0.3) is 0 Å². The van der Waals surface area contributed by atoms with Gasteiger partial charge in [0.05, 0.1) is 0 Å². The SMILES string of the molecule is CC[C@@H](Oc1ccccc1F)C(=O)Nc1ccc(OC2CCN(C)CC2)cc1. The van der Waals surface area contributed by atoms with Gasteiger partial charge in [-0.15, -0.1) is 0 Å². The van der Waals surface area contributed by atoms with Crippen molar-refractivity contribution in [3.8, 4) is 11.5 Å². The summed E-state index contributed by atoms with van der Waals surface area (Å²) in [5.74, 6) is 0.0764. The molecule has 0 aromatic heterocycles. The van der Waals surface area contributed by atoms with E-state index in [-0.39, 0.29) is 17.8 Å². The molecule has 1 fully saturated rings. The molecule has 0 spiro atoms. The first-order valence-corrected chi connectivity index (χ1v) is 9.72. The molecule has 1 N–H and O–H groups in total. The first-order valence-electron chi connectivity index (χ1n) is 9.72. The van der Waals surface area contributed by atoms with Gasteiger partial charge in [-0.2, -0.15) is 0 Å². The summed E-state index contributed by atoms with van der Waals surface area (Å²) in [6, 6.07) is 13.4. The average Bonchev–Trinajstić information content (AvgIpc) is 2.70. The number of rotatable bonds is 7. The molecule has 1 amide bonds. The van der Waals surface area contributed by atoms with Gasteiger partial charge >= 0.3 is 0 Å². The van der Waals surface area contributed by atoms with Crippen molar-refractivity contribution in [3.05, 3.63) is 54.3 Å². The van der Waals surface area contributed by atoms with Gasteiger partial charge in [0.2, 0.25) is 0 Å². The number of nitrogens with zero attached hydrogens (tertiary/aromatic N) is 1. The maximum atomic E-state index is 13.8. The van der Waals surface area contributed by atoms with Gasteiger partial charge in [-0.25, -0.2) is 4.39 Å². The lowest BCUT2D eigenvalue weighted by atomic mass is 10.1. The van der Waals surface area contributed by atoms with Gasteiger partial charge in [0.15, 0.2) is 17.7 Å². The highest BCUT2D eigenvalue weighted by atomic mass is 19.1. The summed E-state index contributed by atoms with van der Waals surface area (Å²) in [5, 5.41) is 2.82. The van der Waals surface area contributed by atoms with Crippen LogP contribution in [-0.2, 0) is 4.79 Å². The van der Waals surface area contributed by atoms with Crippen molar-refractivity contribution in [2.45, 2.75) is 38.4 Å². The molecule has 0 unspecified atom stereocenters. The van der Waals surface area contributed by atoms with Crippen molar-refractivity contribution in [1.29, 1.82) is 0 Å². The van der Waals surface area contributed by atoms with Crippen LogP contribution in [0.1, 0.15) is 26.2 Å². The Kier molecular flexibility index (Phi) is 6.87. The summed E-state index contributed by atoms with van der Waals surface area (Å²) in [6.45, 7) is 3.90. The number of para-hydroxylation sites is 1. The molecule has 1 aliphatic heterocycles. The van der Waals surface area contributed by atoms with Crippen molar-refractivity contribution in [2.75, 3.05) is 25.5 Å². The first-order chi connectivity index (χ1) is 13.5. The van der Waals surface area contributed by atoms with Gasteiger partial charge in [0.1, 0.15) is 11.9 Å². The molecule has 2 aromatic rings. The van der Waals surface area contributed by atoms with Crippen LogP contribution in [0.4, 0.5) is 10.1 Å². The summed E-state index contributed by atoms with van der Waals surface area (Å²) in [6.07, 6.45) is 1.92. The number of nitrogens with one attached hydrogen (secondary N) is 1. The van der Waals surface area contributed by atoms with Crippen molar-refractivity contribution in [3.63, 3.8) is 0 Å². The van der Waals surface area contributed by atoms with Crippen LogP contribution >= 0.6 is 0 Å². The monoisotopic (exact) mass is 386 g/mol. The number of ether oxygens (including phenoxy) is 2. The predicted molar refractivity (Wildman–Crippen MR) is 107 cm³/mol. The van der Waals surface area contributed by atoms with E-state index in [0.717, 1.165) is 31.7 Å². The molecule has 0 saturated carbocycles. The number of benzene rings is 2. The van der Waals surface area contributed by atoms with E-state index in [1.165, 1.54) is 12.1 Å². The number of amides is 1. The molecule has 5 nitrogen and oxygen atoms in total. The summed E-state index contributed by atoms with van der Waals surface area (Å²) in [5.41, 5.74) is 0.649. The van der Waals surface area contributed by atoms with E-state index in [1.807, 2.05) is 19.1 Å². The molecule has 1 atom stereocenters. The van der Waals surface area contributed by atoms with Crippen LogP contribution in [0.3, 0.4) is 0 Å². The first kappa shape index (κ1) is 20.1. The fourth-order valence-electron chi connectivity index (χ4n) is 3.15. The molecule has 28 heavy (non-hydrogen) atoms. The van der Waals surface area contributed by atoms with Crippen LogP contribution in [0.5, 0.6) is 11.5 Å². The van der Waals surface area contributed by atoms with Gasteiger partial charge in [0.25, 0.3) is 5.91 Å². The molecule has 6 heteroatoms. The van der Waals surface area contributed by atoms with Crippen LogP contribution < -0.4 is 14.8 Å². The summed E-state index contributed by atoms with van der Waals surface area (Å²) in [7, 11) is 2.12. The molecule has 2 aromatic carbocycles. The van der Waals surface area contributed by atoms with Gasteiger partial charge in [0, 0.05) is 18.8 Å². The average molecular weight is 386 g/mol. The molecule has 1 heterocycles. The lowest BCUT2D eigenvalue weighted by molar-refractivity contribution is -0.122. The zero-order chi connectivity index (χ0) is 19.9. The second-order valence-electron chi connectivity index (χ2n) is 7.08. The van der Waals surface area contributed by atoms with E-state index in [1.54, 1.807) is 24.3 Å². The lowest BCUT2D eigenvalue weighted by Gasteiger charge is -2.29. The second-order valence-corrected chi connectivity index (χ2v) is 7.08. The quantitative estimate of drug-likeness (QED) is 0.779. The number of piperidine rings is 1. The Labute approximate surface area is 165 Å². The van der Waals surface area contributed by atoms with Crippen LogP contribution in [0, 0.1) is 5.82 Å². The minimum atomic E-state index is -0.771. The number of likely N-dealkylation sites (tertiary alicyclic amines) is 1. The summed E-state index contributed by atoms with van der Waals surface area (Å²) >= 11 is 0. The number of halogens is 1. The van der Waals surface area contributed by atoms with Crippen LogP contribution in [0.2, 0.25) is 0 Å². The molecule has 150 valence electrons. The molecule has 0 bridgehead atoms. The van der Waals surface area contributed by atoms with Crippen molar-refractivity contribution < 1.29 is 18.7 Å². The van der Waals surface area contributed by atoms with E-state index < -0.39 is 11.9 Å². The van der Waals surface area contributed by atoms with Crippen molar-refractivity contribution >= 4 is 11.6 Å². The van der Waals surface area contributed by atoms with Gasteiger partial charge in [-0.1, -0.05) is 19.1 Å². The molecule has 0 radical (unpaired) electrons. The molecule has 1 saturated heterocycles. The second kappa shape index (κ2) is 9.55. The van der Waals surface area contributed by atoms with E-state index in [2.05, 4.69) is 17.3 Å². The Morgan fingerprint density at radius 3 is 2.50 bits per heavy atom. The molecule has 3 rings (SSSR count). The molecular weight excluding hydrogens is 359 g/mol. The third kappa shape index (κ3) is 5.45. The topological polar surface area (TPSA) is 50.8 Å². The van der Waals surface area contributed by atoms with E-state index in [9.17, 15) is 9.18 Å². The van der Waals surface area contributed by atoms with E-state index in [4.69, 9.17) is 9.47 Å². The molecule has 1 aliphatic rings. The number of carbonyl (C=O) groups is 1.